The van der Waals surface area contributed by atoms with E-state index in [0.29, 0.717) is 11.2 Å². The number of halogens is 3. The van der Waals surface area contributed by atoms with Crippen LogP contribution in [0, 0.1) is 0 Å². The van der Waals surface area contributed by atoms with Crippen molar-refractivity contribution in [2.75, 3.05) is 24.6 Å². The molecule has 1 saturated carbocycles. The first-order chi connectivity index (χ1) is 9.76. The van der Waals surface area contributed by atoms with Crippen molar-refractivity contribution in [1.29, 1.82) is 0 Å². The molecule has 0 radical (unpaired) electrons. The van der Waals surface area contributed by atoms with Gasteiger partial charge in [-0.3, -0.25) is 4.79 Å². The second-order valence-electron chi connectivity index (χ2n) is 5.10. The number of aromatic nitrogens is 1. The van der Waals surface area contributed by atoms with Gasteiger partial charge < -0.3 is 16.0 Å². The minimum Gasteiger partial charge on any atom is -0.382 e. The van der Waals surface area contributed by atoms with E-state index >= 15 is 0 Å². The van der Waals surface area contributed by atoms with Gasteiger partial charge in [0, 0.05) is 19.6 Å². The van der Waals surface area contributed by atoms with Gasteiger partial charge in [0.25, 0.3) is 5.91 Å². The summed E-state index contributed by atoms with van der Waals surface area (Å²) >= 11 is 1.09. The molecule has 0 bridgehead atoms. The van der Waals surface area contributed by atoms with Gasteiger partial charge in [-0.1, -0.05) is 11.3 Å². The monoisotopic (exact) mass is 322 g/mol. The molecule has 118 valence electrons. The predicted molar refractivity (Wildman–Crippen MR) is 75.4 cm³/mol. The molecule has 1 aliphatic carbocycles. The predicted octanol–water partition coefficient (Wildman–Crippen LogP) is 2.71. The molecule has 2 rings (SSSR count). The van der Waals surface area contributed by atoms with Crippen molar-refractivity contribution < 1.29 is 18.0 Å². The lowest BCUT2D eigenvalue weighted by Crippen LogP contribution is -2.30. The Morgan fingerprint density at radius 3 is 2.71 bits per heavy atom. The summed E-state index contributed by atoms with van der Waals surface area (Å²) in [7, 11) is 1.33. The second-order valence-corrected chi connectivity index (χ2v) is 6.10. The van der Waals surface area contributed by atoms with Gasteiger partial charge in [0.05, 0.1) is 6.42 Å². The standard InChI is InChI=1S/C12H17F3N4OS/c1-19(6-5-12(13,14)15)10(20)8-9(16)18-11(21-8)17-7-3-2-4-7/h7H,2-6,16H2,1H3,(H,17,18). The van der Waals surface area contributed by atoms with Gasteiger partial charge in [0.1, 0.15) is 10.7 Å². The zero-order valence-electron chi connectivity index (χ0n) is 11.5. The summed E-state index contributed by atoms with van der Waals surface area (Å²) in [5.41, 5.74) is 5.69. The number of nitrogens with zero attached hydrogens (tertiary/aromatic N) is 2. The van der Waals surface area contributed by atoms with Crippen molar-refractivity contribution in [3.63, 3.8) is 0 Å². The van der Waals surface area contributed by atoms with Gasteiger partial charge in [0.15, 0.2) is 5.13 Å². The molecule has 1 amide bonds. The zero-order valence-corrected chi connectivity index (χ0v) is 12.4. The van der Waals surface area contributed by atoms with Gasteiger partial charge in [-0.25, -0.2) is 4.98 Å². The highest BCUT2D eigenvalue weighted by atomic mass is 32.1. The van der Waals surface area contributed by atoms with E-state index in [2.05, 4.69) is 10.3 Å². The number of anilines is 2. The highest BCUT2D eigenvalue weighted by Crippen LogP contribution is 2.30. The third kappa shape index (κ3) is 4.23. The summed E-state index contributed by atoms with van der Waals surface area (Å²) in [6, 6.07) is 0.349. The Morgan fingerprint density at radius 2 is 2.19 bits per heavy atom. The number of hydrogen-bond donors (Lipinski definition) is 2. The number of carbonyl (C=O) groups excluding carboxylic acids is 1. The summed E-state index contributed by atoms with van der Waals surface area (Å²) in [5, 5.41) is 3.71. The van der Waals surface area contributed by atoms with Crippen molar-refractivity contribution in [3.8, 4) is 0 Å². The van der Waals surface area contributed by atoms with E-state index in [1.54, 1.807) is 0 Å². The molecule has 9 heteroatoms. The summed E-state index contributed by atoms with van der Waals surface area (Å²) in [6.07, 6.45) is -2.07. The smallest absolute Gasteiger partial charge is 0.382 e. The Morgan fingerprint density at radius 1 is 1.52 bits per heavy atom. The Balaban J connectivity index is 1.97. The highest BCUT2D eigenvalue weighted by molar-refractivity contribution is 7.18. The maximum absolute atomic E-state index is 12.2. The lowest BCUT2D eigenvalue weighted by Gasteiger charge is -2.25. The maximum Gasteiger partial charge on any atom is 0.390 e. The van der Waals surface area contributed by atoms with Crippen LogP contribution in [0.25, 0.3) is 0 Å². The maximum atomic E-state index is 12.2. The number of nitrogens with two attached hydrogens (primary N) is 1. The van der Waals surface area contributed by atoms with Crippen LogP contribution in [0.2, 0.25) is 0 Å². The van der Waals surface area contributed by atoms with E-state index in [4.69, 9.17) is 5.73 Å². The average molecular weight is 322 g/mol. The first-order valence-electron chi connectivity index (χ1n) is 6.61. The van der Waals surface area contributed by atoms with Crippen LogP contribution in [0.4, 0.5) is 24.1 Å². The lowest BCUT2D eigenvalue weighted by molar-refractivity contribution is -0.136. The second kappa shape index (κ2) is 6.08. The molecule has 0 aliphatic heterocycles. The first kappa shape index (κ1) is 15.9. The molecule has 21 heavy (non-hydrogen) atoms. The lowest BCUT2D eigenvalue weighted by atomic mass is 9.93. The van der Waals surface area contributed by atoms with Crippen LogP contribution < -0.4 is 11.1 Å². The van der Waals surface area contributed by atoms with Crippen molar-refractivity contribution >= 4 is 28.2 Å². The number of alkyl halides is 3. The van der Waals surface area contributed by atoms with E-state index in [9.17, 15) is 18.0 Å². The molecule has 1 fully saturated rings. The van der Waals surface area contributed by atoms with E-state index in [1.807, 2.05) is 0 Å². The molecule has 0 aromatic carbocycles. The number of nitrogen functional groups attached to an aromatic ring is 1. The van der Waals surface area contributed by atoms with Gasteiger partial charge in [-0.15, -0.1) is 0 Å². The van der Waals surface area contributed by atoms with Crippen LogP contribution in [0.1, 0.15) is 35.4 Å². The Labute approximate surface area is 124 Å². The minimum atomic E-state index is -4.29. The van der Waals surface area contributed by atoms with Gasteiger partial charge >= 0.3 is 6.18 Å². The minimum absolute atomic E-state index is 0.0608. The topological polar surface area (TPSA) is 71.2 Å². The van der Waals surface area contributed by atoms with Gasteiger partial charge in [-0.05, 0) is 19.3 Å². The number of amides is 1. The normalized spacial score (nSPS) is 15.6. The van der Waals surface area contributed by atoms with Crippen molar-refractivity contribution in [2.24, 2.45) is 0 Å². The summed E-state index contributed by atoms with van der Waals surface area (Å²) < 4.78 is 36.5. The van der Waals surface area contributed by atoms with Crippen molar-refractivity contribution in [2.45, 2.75) is 37.9 Å². The fraction of sp³-hybridized carbons (Fsp3) is 0.667. The van der Waals surface area contributed by atoms with Gasteiger partial charge in [-0.2, -0.15) is 13.2 Å². The molecule has 0 spiro atoms. The Bertz CT molecular complexity index is 513. The largest absolute Gasteiger partial charge is 0.390 e. The first-order valence-corrected chi connectivity index (χ1v) is 7.43. The Hall–Kier alpha value is -1.51. The summed E-state index contributed by atoms with van der Waals surface area (Å²) in [5.74, 6) is -0.471. The number of hydrogen-bond acceptors (Lipinski definition) is 5. The fourth-order valence-corrected chi connectivity index (χ4v) is 2.80. The molecule has 5 nitrogen and oxygen atoms in total. The number of carbonyl (C=O) groups is 1. The third-order valence-corrected chi connectivity index (χ3v) is 4.35. The number of rotatable bonds is 5. The van der Waals surface area contributed by atoms with Crippen LogP contribution in [-0.2, 0) is 0 Å². The van der Waals surface area contributed by atoms with Crippen LogP contribution in [0.3, 0.4) is 0 Å². The molecular weight excluding hydrogens is 305 g/mol. The molecule has 0 atom stereocenters. The number of thiazole rings is 1. The molecule has 1 aliphatic rings. The molecule has 0 saturated heterocycles. The Kier molecular flexibility index (Phi) is 4.60. The van der Waals surface area contributed by atoms with E-state index < -0.39 is 25.0 Å². The van der Waals surface area contributed by atoms with Crippen molar-refractivity contribution in [3.05, 3.63) is 4.88 Å². The van der Waals surface area contributed by atoms with E-state index in [0.717, 1.165) is 35.5 Å². The van der Waals surface area contributed by atoms with Crippen LogP contribution in [0.15, 0.2) is 0 Å². The molecule has 1 heterocycles. The van der Waals surface area contributed by atoms with Crippen LogP contribution >= 0.6 is 11.3 Å². The summed E-state index contributed by atoms with van der Waals surface area (Å²) in [6.45, 7) is -0.398. The van der Waals surface area contributed by atoms with Gasteiger partial charge in [0.2, 0.25) is 0 Å². The highest BCUT2D eigenvalue weighted by Gasteiger charge is 2.29. The molecule has 3 N–H and O–H groups in total. The summed E-state index contributed by atoms with van der Waals surface area (Å²) in [4.78, 5) is 17.3. The quantitative estimate of drug-likeness (QED) is 0.874. The molecule has 1 aromatic rings. The zero-order chi connectivity index (χ0) is 15.6. The third-order valence-electron chi connectivity index (χ3n) is 3.36. The average Bonchev–Trinajstić information content (AvgIpc) is 2.70. The SMILES string of the molecule is CN(CCC(F)(F)F)C(=O)c1sc(NC2CCC2)nc1N. The van der Waals surface area contributed by atoms with E-state index in [-0.39, 0.29) is 10.7 Å². The van der Waals surface area contributed by atoms with Crippen LogP contribution in [-0.4, -0.2) is 41.6 Å². The fourth-order valence-electron chi connectivity index (χ4n) is 1.84. The number of nitrogens with one attached hydrogen (secondary N) is 1. The molecule has 0 unspecified atom stereocenters. The van der Waals surface area contributed by atoms with E-state index in [1.165, 1.54) is 7.05 Å². The molecular formula is C12H17F3N4OS. The molecule has 1 aromatic heterocycles. The van der Waals surface area contributed by atoms with Crippen molar-refractivity contribution in [1.82, 2.24) is 9.88 Å². The van der Waals surface area contributed by atoms with Crippen LogP contribution in [0.5, 0.6) is 0 Å².